The highest BCUT2D eigenvalue weighted by Gasteiger charge is 2.23. The van der Waals surface area contributed by atoms with Crippen molar-refractivity contribution < 1.29 is 34.0 Å². The van der Waals surface area contributed by atoms with E-state index in [1.165, 1.54) is 12.1 Å². The third-order valence-electron chi connectivity index (χ3n) is 2.24. The van der Waals surface area contributed by atoms with Gasteiger partial charge in [-0.2, -0.15) is 4.89 Å². The van der Waals surface area contributed by atoms with E-state index in [4.69, 9.17) is 9.84 Å². The third kappa shape index (κ3) is 2.30. The van der Waals surface area contributed by atoms with E-state index in [9.17, 15) is 14.4 Å². The van der Waals surface area contributed by atoms with Gasteiger partial charge in [0, 0.05) is 0 Å². The van der Waals surface area contributed by atoms with Crippen LogP contribution >= 0.6 is 0 Å². The van der Waals surface area contributed by atoms with E-state index in [1.807, 2.05) is 0 Å². The largest absolute Gasteiger partial charge is 0.478 e. The van der Waals surface area contributed by atoms with Crippen LogP contribution in [0.5, 0.6) is 0 Å². The molecule has 94 valence electrons. The van der Waals surface area contributed by atoms with Gasteiger partial charge in [-0.1, -0.05) is 0 Å². The quantitative estimate of drug-likeness (QED) is 0.578. The van der Waals surface area contributed by atoms with Crippen molar-refractivity contribution in [2.24, 2.45) is 0 Å². The Morgan fingerprint density at radius 2 is 1.89 bits per heavy atom. The van der Waals surface area contributed by atoms with Crippen LogP contribution in [0.2, 0.25) is 0 Å². The lowest BCUT2D eigenvalue weighted by Crippen LogP contribution is -2.13. The Kier molecular flexibility index (Phi) is 3.24. The summed E-state index contributed by atoms with van der Waals surface area (Å²) >= 11 is 0. The van der Waals surface area contributed by atoms with Gasteiger partial charge in [0.1, 0.15) is 13.2 Å². The van der Waals surface area contributed by atoms with Crippen LogP contribution in [0, 0.1) is 0 Å². The highest BCUT2D eigenvalue weighted by Crippen LogP contribution is 2.16. The number of fused-ring (bicyclic) bond motifs is 1. The average molecular weight is 252 g/mol. The molecule has 0 amide bonds. The topological polar surface area (TPSA) is 99.1 Å². The van der Waals surface area contributed by atoms with Crippen LogP contribution in [-0.2, 0) is 14.5 Å². The molecule has 0 saturated heterocycles. The summed E-state index contributed by atoms with van der Waals surface area (Å²) in [6, 6.07) is 3.43. The summed E-state index contributed by atoms with van der Waals surface area (Å²) in [5.41, 5.74) is -0.393. The fourth-order valence-corrected chi connectivity index (χ4v) is 1.41. The van der Waals surface area contributed by atoms with Crippen LogP contribution in [0.1, 0.15) is 31.1 Å². The van der Waals surface area contributed by atoms with Gasteiger partial charge in [0.15, 0.2) is 0 Å². The highest BCUT2D eigenvalue weighted by molar-refractivity contribution is 6.04. The van der Waals surface area contributed by atoms with Gasteiger partial charge < -0.3 is 9.84 Å². The number of ether oxygens (including phenoxy) is 1. The Balaban J connectivity index is 2.51. The lowest BCUT2D eigenvalue weighted by Gasteiger charge is -2.05. The molecule has 0 atom stereocenters. The number of benzene rings is 1. The van der Waals surface area contributed by atoms with Gasteiger partial charge in [0.25, 0.3) is 0 Å². The van der Waals surface area contributed by atoms with Gasteiger partial charge in [-0.15, -0.1) is 0 Å². The summed E-state index contributed by atoms with van der Waals surface area (Å²) < 4.78 is 4.78. The number of carboxylic acid groups (broad SMARTS) is 1. The van der Waals surface area contributed by atoms with Crippen molar-refractivity contribution in [2.75, 3.05) is 13.2 Å². The molecule has 2 rings (SSSR count). The number of rotatable bonds is 1. The zero-order chi connectivity index (χ0) is 13.1. The SMILES string of the molecule is O=C(O)c1ccc2c(c1)C(=O)OCCOOC2=O. The van der Waals surface area contributed by atoms with E-state index in [-0.39, 0.29) is 29.9 Å². The molecular formula is C11H8O7. The van der Waals surface area contributed by atoms with Crippen molar-refractivity contribution >= 4 is 17.9 Å². The normalized spacial score (nSPS) is 15.6. The van der Waals surface area contributed by atoms with Gasteiger partial charge >= 0.3 is 17.9 Å². The van der Waals surface area contributed by atoms with E-state index in [2.05, 4.69) is 9.78 Å². The summed E-state index contributed by atoms with van der Waals surface area (Å²) in [4.78, 5) is 42.9. The maximum atomic E-state index is 11.7. The number of aromatic carboxylic acids is 1. The molecule has 0 aliphatic carbocycles. The number of hydrogen-bond acceptors (Lipinski definition) is 6. The molecule has 7 heteroatoms. The second-order valence-electron chi connectivity index (χ2n) is 3.39. The molecule has 1 aromatic rings. The Morgan fingerprint density at radius 1 is 1.11 bits per heavy atom. The lowest BCUT2D eigenvalue weighted by molar-refractivity contribution is -0.244. The summed E-state index contributed by atoms with van der Waals surface area (Å²) in [6.45, 7) is -0.180. The lowest BCUT2D eigenvalue weighted by atomic mass is 10.0. The van der Waals surface area contributed by atoms with E-state index in [0.717, 1.165) is 6.07 Å². The Bertz CT molecular complexity index is 520. The Morgan fingerprint density at radius 3 is 2.61 bits per heavy atom. The van der Waals surface area contributed by atoms with Crippen LogP contribution < -0.4 is 0 Å². The molecule has 0 spiro atoms. The van der Waals surface area contributed by atoms with Crippen molar-refractivity contribution in [3.05, 3.63) is 34.9 Å². The minimum Gasteiger partial charge on any atom is -0.478 e. The predicted octanol–water partition coefficient (Wildman–Crippen LogP) is 0.644. The van der Waals surface area contributed by atoms with Crippen molar-refractivity contribution in [3.63, 3.8) is 0 Å². The maximum absolute atomic E-state index is 11.7. The highest BCUT2D eigenvalue weighted by atomic mass is 17.2. The number of esters is 1. The molecule has 1 heterocycles. The molecule has 0 fully saturated rings. The maximum Gasteiger partial charge on any atom is 0.373 e. The predicted molar refractivity (Wildman–Crippen MR) is 55.1 cm³/mol. The molecule has 1 N–H and O–H groups in total. The molecule has 0 aromatic heterocycles. The van der Waals surface area contributed by atoms with Crippen molar-refractivity contribution in [1.82, 2.24) is 0 Å². The number of carbonyl (C=O) groups excluding carboxylic acids is 2. The Labute approximate surface area is 101 Å². The van der Waals surface area contributed by atoms with Crippen LogP contribution in [0.3, 0.4) is 0 Å². The minimum atomic E-state index is -1.21. The van der Waals surface area contributed by atoms with Gasteiger partial charge in [-0.25, -0.2) is 14.4 Å². The van der Waals surface area contributed by atoms with Crippen LogP contribution in [0.4, 0.5) is 0 Å². The Hall–Kier alpha value is -2.41. The first-order chi connectivity index (χ1) is 8.59. The first-order valence-electron chi connectivity index (χ1n) is 4.98. The number of hydrogen-bond donors (Lipinski definition) is 1. The smallest absolute Gasteiger partial charge is 0.373 e. The molecule has 1 aromatic carbocycles. The molecule has 0 radical (unpaired) electrons. The zero-order valence-corrected chi connectivity index (χ0v) is 9.04. The van der Waals surface area contributed by atoms with Gasteiger partial charge in [-0.05, 0) is 18.2 Å². The van der Waals surface area contributed by atoms with Crippen molar-refractivity contribution in [1.29, 1.82) is 0 Å². The molecule has 18 heavy (non-hydrogen) atoms. The van der Waals surface area contributed by atoms with Crippen molar-refractivity contribution in [3.8, 4) is 0 Å². The minimum absolute atomic E-state index is 0.0861. The van der Waals surface area contributed by atoms with Crippen LogP contribution in [0.25, 0.3) is 0 Å². The first-order valence-corrected chi connectivity index (χ1v) is 4.98. The summed E-state index contributed by atoms with van der Waals surface area (Å²) in [6.07, 6.45) is 0. The summed E-state index contributed by atoms with van der Waals surface area (Å²) in [7, 11) is 0. The molecule has 1 aliphatic rings. The zero-order valence-electron chi connectivity index (χ0n) is 9.04. The fourth-order valence-electron chi connectivity index (χ4n) is 1.41. The van der Waals surface area contributed by atoms with E-state index < -0.39 is 17.9 Å². The third-order valence-corrected chi connectivity index (χ3v) is 2.24. The monoisotopic (exact) mass is 252 g/mol. The van der Waals surface area contributed by atoms with Crippen LogP contribution in [0.15, 0.2) is 18.2 Å². The molecule has 0 unspecified atom stereocenters. The standard InChI is InChI=1S/C11H8O7/c12-9(13)6-1-2-7-8(5-6)10(14)16-3-4-17-18-11(7)15/h1-2,5H,3-4H2,(H,12,13). The van der Waals surface area contributed by atoms with Gasteiger partial charge in [0.05, 0.1) is 16.7 Å². The molecule has 0 bridgehead atoms. The molecule has 1 aliphatic heterocycles. The van der Waals surface area contributed by atoms with E-state index in [0.29, 0.717) is 0 Å². The number of cyclic esters (lactones) is 1. The van der Waals surface area contributed by atoms with Crippen molar-refractivity contribution in [2.45, 2.75) is 0 Å². The number of carboxylic acids is 1. The second-order valence-corrected chi connectivity index (χ2v) is 3.39. The molecule has 0 saturated carbocycles. The van der Waals surface area contributed by atoms with E-state index >= 15 is 0 Å². The van der Waals surface area contributed by atoms with E-state index in [1.54, 1.807) is 0 Å². The average Bonchev–Trinajstić information content (AvgIpc) is 2.42. The van der Waals surface area contributed by atoms with Crippen LogP contribution in [-0.4, -0.2) is 36.2 Å². The van der Waals surface area contributed by atoms with Gasteiger partial charge in [-0.3, -0.25) is 4.89 Å². The second kappa shape index (κ2) is 4.84. The fraction of sp³-hybridized carbons (Fsp3) is 0.182. The first kappa shape index (κ1) is 12.1. The molecule has 7 nitrogen and oxygen atoms in total. The molecular weight excluding hydrogens is 244 g/mol. The summed E-state index contributed by atoms with van der Waals surface area (Å²) in [5.74, 6) is -2.88. The summed E-state index contributed by atoms with van der Waals surface area (Å²) in [5, 5.41) is 8.83. The van der Waals surface area contributed by atoms with Gasteiger partial charge in [0.2, 0.25) is 0 Å². The number of carbonyl (C=O) groups is 3.